The smallest absolute Gasteiger partial charge is 0.241 e. The fourth-order valence-electron chi connectivity index (χ4n) is 3.53. The highest BCUT2D eigenvalue weighted by Crippen LogP contribution is 2.26. The minimum absolute atomic E-state index is 0.406. The maximum Gasteiger partial charge on any atom is 0.241 e. The Balaban J connectivity index is 1.69. The van der Waals surface area contributed by atoms with Crippen molar-refractivity contribution in [1.29, 1.82) is 0 Å². The maximum atomic E-state index is 6.29. The summed E-state index contributed by atoms with van der Waals surface area (Å²) in [5.41, 5.74) is 4.43. The molecule has 0 bridgehead atoms. The molecule has 0 spiro atoms. The van der Waals surface area contributed by atoms with Crippen molar-refractivity contribution in [1.82, 2.24) is 0 Å². The molecule has 31 heavy (non-hydrogen) atoms. The normalized spacial score (nSPS) is 10.5. The zero-order chi connectivity index (χ0) is 21.9. The third-order valence-corrected chi connectivity index (χ3v) is 5.21. The van der Waals surface area contributed by atoms with Gasteiger partial charge in [-0.2, -0.15) is 0 Å². The van der Waals surface area contributed by atoms with Gasteiger partial charge in [-0.25, -0.2) is 0 Å². The second-order valence-corrected chi connectivity index (χ2v) is 7.30. The molecule has 0 unspecified atom stereocenters. The molecule has 2 heteroatoms. The lowest BCUT2D eigenvalue weighted by Crippen LogP contribution is -2.24. The third-order valence-electron chi connectivity index (χ3n) is 5.21. The molecule has 0 fully saturated rings. The molecular formula is C29H30O2. The second kappa shape index (κ2) is 11.6. The summed E-state index contributed by atoms with van der Waals surface area (Å²) in [5.74, 6) is 1.55. The topological polar surface area (TPSA) is 18.5 Å². The first-order chi connectivity index (χ1) is 15.2. The predicted molar refractivity (Wildman–Crippen MR) is 132 cm³/mol. The van der Waals surface area contributed by atoms with Crippen molar-refractivity contribution in [2.75, 3.05) is 0 Å². The van der Waals surface area contributed by atoms with Gasteiger partial charge in [0.1, 0.15) is 11.5 Å². The van der Waals surface area contributed by atoms with Crippen molar-refractivity contribution in [3.63, 3.8) is 0 Å². The van der Waals surface area contributed by atoms with Crippen molar-refractivity contribution in [2.24, 2.45) is 0 Å². The van der Waals surface area contributed by atoms with E-state index < -0.39 is 6.29 Å². The second-order valence-electron chi connectivity index (χ2n) is 7.30. The van der Waals surface area contributed by atoms with Gasteiger partial charge in [0.15, 0.2) is 0 Å². The molecule has 0 atom stereocenters. The summed E-state index contributed by atoms with van der Waals surface area (Å²) in [6, 6.07) is 24.2. The van der Waals surface area contributed by atoms with Crippen LogP contribution in [0.5, 0.6) is 11.5 Å². The standard InChI is InChI=1S/C29H30O2/c1-4-23-15-7-8-18-26(23)19-11-14-22-29(30-27-20-12-9-16-24(27)5-2)31-28-21-13-10-17-25(28)6-3/h4-10,12-13,15-18,20-21,29H,1-3,11,14,19,22H2. The lowest BCUT2D eigenvalue weighted by Gasteiger charge is -2.22. The summed E-state index contributed by atoms with van der Waals surface area (Å²) < 4.78 is 12.6. The first-order valence-corrected chi connectivity index (χ1v) is 10.7. The molecule has 0 aliphatic heterocycles. The monoisotopic (exact) mass is 410 g/mol. The first-order valence-electron chi connectivity index (χ1n) is 10.7. The number of unbranched alkanes of at least 4 members (excludes halogenated alkanes) is 1. The summed E-state index contributed by atoms with van der Waals surface area (Å²) in [4.78, 5) is 0. The fourth-order valence-corrected chi connectivity index (χ4v) is 3.53. The van der Waals surface area contributed by atoms with Gasteiger partial charge in [-0.1, -0.05) is 98.6 Å². The highest BCUT2D eigenvalue weighted by molar-refractivity contribution is 5.56. The van der Waals surface area contributed by atoms with Crippen LogP contribution in [0.2, 0.25) is 0 Å². The minimum atomic E-state index is -0.406. The van der Waals surface area contributed by atoms with Crippen molar-refractivity contribution in [2.45, 2.75) is 32.0 Å². The highest BCUT2D eigenvalue weighted by Gasteiger charge is 2.15. The molecule has 0 N–H and O–H groups in total. The maximum absolute atomic E-state index is 6.29. The number of ether oxygens (including phenoxy) is 2. The lowest BCUT2D eigenvalue weighted by molar-refractivity contribution is -0.00263. The van der Waals surface area contributed by atoms with Gasteiger partial charge in [0.25, 0.3) is 0 Å². The molecule has 0 heterocycles. The van der Waals surface area contributed by atoms with Crippen molar-refractivity contribution in [3.05, 3.63) is 115 Å². The van der Waals surface area contributed by atoms with Crippen LogP contribution >= 0.6 is 0 Å². The molecule has 158 valence electrons. The van der Waals surface area contributed by atoms with E-state index in [4.69, 9.17) is 9.47 Å². The number of aryl methyl sites for hydroxylation is 1. The highest BCUT2D eigenvalue weighted by atomic mass is 16.7. The zero-order valence-electron chi connectivity index (χ0n) is 18.0. The van der Waals surface area contributed by atoms with Gasteiger partial charge in [0.2, 0.25) is 6.29 Å². The number of para-hydroxylation sites is 2. The summed E-state index contributed by atoms with van der Waals surface area (Å²) in [7, 11) is 0. The van der Waals surface area contributed by atoms with E-state index in [0.717, 1.165) is 48.3 Å². The Morgan fingerprint density at radius 2 is 1.10 bits per heavy atom. The molecular weight excluding hydrogens is 380 g/mol. The molecule has 3 aromatic carbocycles. The molecule has 0 aliphatic rings. The lowest BCUT2D eigenvalue weighted by atomic mass is 10.0. The van der Waals surface area contributed by atoms with E-state index in [1.807, 2.05) is 60.7 Å². The Labute approximate surface area is 186 Å². The van der Waals surface area contributed by atoms with Gasteiger partial charge in [0, 0.05) is 17.5 Å². The third kappa shape index (κ3) is 6.23. The van der Waals surface area contributed by atoms with Crippen LogP contribution in [0.15, 0.2) is 92.5 Å². The van der Waals surface area contributed by atoms with Crippen LogP contribution < -0.4 is 9.47 Å². The summed E-state index contributed by atoms with van der Waals surface area (Å²) in [6.45, 7) is 11.7. The van der Waals surface area contributed by atoms with E-state index in [-0.39, 0.29) is 0 Å². The molecule has 0 saturated carbocycles. The first kappa shape index (κ1) is 22.2. The van der Waals surface area contributed by atoms with Gasteiger partial charge in [0.05, 0.1) is 0 Å². The Morgan fingerprint density at radius 3 is 1.65 bits per heavy atom. The number of hydrogen-bond acceptors (Lipinski definition) is 2. The van der Waals surface area contributed by atoms with E-state index in [9.17, 15) is 0 Å². The number of benzene rings is 3. The minimum Gasteiger partial charge on any atom is -0.454 e. The van der Waals surface area contributed by atoms with Crippen LogP contribution in [-0.2, 0) is 6.42 Å². The molecule has 3 rings (SSSR count). The average Bonchev–Trinajstić information content (AvgIpc) is 2.82. The van der Waals surface area contributed by atoms with Gasteiger partial charge in [-0.3, -0.25) is 0 Å². The summed E-state index contributed by atoms with van der Waals surface area (Å²) in [5, 5.41) is 0. The van der Waals surface area contributed by atoms with Gasteiger partial charge in [-0.05, 0) is 42.5 Å². The number of hydrogen-bond donors (Lipinski definition) is 0. The average molecular weight is 411 g/mol. The van der Waals surface area contributed by atoms with E-state index in [1.165, 1.54) is 11.1 Å². The van der Waals surface area contributed by atoms with Gasteiger partial charge >= 0.3 is 0 Å². The molecule has 0 amide bonds. The van der Waals surface area contributed by atoms with E-state index in [1.54, 1.807) is 12.2 Å². The van der Waals surface area contributed by atoms with Crippen molar-refractivity contribution in [3.8, 4) is 11.5 Å². The molecule has 2 nitrogen and oxygen atoms in total. The van der Waals surface area contributed by atoms with Crippen LogP contribution in [0.3, 0.4) is 0 Å². The van der Waals surface area contributed by atoms with Crippen LogP contribution in [0, 0.1) is 0 Å². The van der Waals surface area contributed by atoms with Crippen molar-refractivity contribution >= 4 is 18.2 Å². The van der Waals surface area contributed by atoms with Crippen LogP contribution in [0.4, 0.5) is 0 Å². The fraction of sp³-hybridized carbons (Fsp3) is 0.172. The predicted octanol–water partition coefficient (Wildman–Crippen LogP) is 7.81. The zero-order valence-corrected chi connectivity index (χ0v) is 18.0. The molecule has 3 aromatic rings. The van der Waals surface area contributed by atoms with Gasteiger partial charge < -0.3 is 9.47 Å². The van der Waals surface area contributed by atoms with Crippen LogP contribution in [-0.4, -0.2) is 6.29 Å². The van der Waals surface area contributed by atoms with Gasteiger partial charge in [-0.15, -0.1) is 0 Å². The van der Waals surface area contributed by atoms with E-state index in [0.29, 0.717) is 0 Å². The number of rotatable bonds is 12. The molecule has 0 aromatic heterocycles. The van der Waals surface area contributed by atoms with E-state index in [2.05, 4.69) is 37.9 Å². The van der Waals surface area contributed by atoms with Crippen LogP contribution in [0.1, 0.15) is 41.5 Å². The molecule has 0 aliphatic carbocycles. The Hall–Kier alpha value is -3.52. The largest absolute Gasteiger partial charge is 0.454 e. The Bertz CT molecular complexity index is 965. The van der Waals surface area contributed by atoms with E-state index >= 15 is 0 Å². The van der Waals surface area contributed by atoms with Crippen LogP contribution in [0.25, 0.3) is 18.2 Å². The molecule has 0 radical (unpaired) electrons. The van der Waals surface area contributed by atoms with Crippen molar-refractivity contribution < 1.29 is 9.47 Å². The molecule has 0 saturated heterocycles. The summed E-state index contributed by atoms with van der Waals surface area (Å²) >= 11 is 0. The quantitative estimate of drug-likeness (QED) is 0.224. The Morgan fingerprint density at radius 1 is 0.613 bits per heavy atom. The SMILES string of the molecule is C=Cc1ccccc1CCCCC(Oc1ccccc1C=C)Oc1ccccc1C=C. The Kier molecular flexibility index (Phi) is 8.30. The summed E-state index contributed by atoms with van der Waals surface area (Å²) in [6.07, 6.45) is 8.91.